The van der Waals surface area contributed by atoms with Crippen LogP contribution in [0.1, 0.15) is 27.8 Å². The van der Waals surface area contributed by atoms with Gasteiger partial charge in [0.1, 0.15) is 0 Å². The number of rotatable bonds is 4. The third-order valence-corrected chi connectivity index (χ3v) is 10.7. The van der Waals surface area contributed by atoms with E-state index in [1.165, 1.54) is 12.1 Å². The van der Waals surface area contributed by atoms with Crippen LogP contribution in [0.4, 0.5) is 24.5 Å². The van der Waals surface area contributed by atoms with Gasteiger partial charge in [-0.05, 0) is 131 Å². The van der Waals surface area contributed by atoms with Crippen molar-refractivity contribution in [3.05, 3.63) is 178 Å². The van der Waals surface area contributed by atoms with Gasteiger partial charge >= 0.3 is 6.18 Å². The SMILES string of the molecule is [C-]#[N+]c1ccc2c(c1)c1cc(C#N)ccc1n2-c1ccc(-c2ccc(C#N)cc2C(F)(F)F)cc1-c1cc(-n2c3ccc(C#N)cc3c3cc(C#N)ccc32)ccc1[N+]#[C-]. The summed E-state index contributed by atoms with van der Waals surface area (Å²) in [5.41, 5.74) is 5.31. The summed E-state index contributed by atoms with van der Waals surface area (Å²) < 4.78 is 47.9. The van der Waals surface area contributed by atoms with Gasteiger partial charge in [0.25, 0.3) is 0 Å². The van der Waals surface area contributed by atoms with E-state index in [4.69, 9.17) is 13.1 Å². The first-order valence-corrected chi connectivity index (χ1v) is 18.1. The van der Waals surface area contributed by atoms with Crippen LogP contribution in [0, 0.1) is 58.5 Å². The minimum Gasteiger partial charge on any atom is -0.309 e. The van der Waals surface area contributed by atoms with Crippen LogP contribution in [0.25, 0.3) is 86.9 Å². The summed E-state index contributed by atoms with van der Waals surface area (Å²) in [6.45, 7) is 16.0. The third-order valence-electron chi connectivity index (χ3n) is 10.7. The molecule has 0 spiro atoms. The van der Waals surface area contributed by atoms with Crippen LogP contribution in [-0.4, -0.2) is 9.13 Å². The minimum absolute atomic E-state index is 0.151. The molecule has 0 N–H and O–H groups in total. The molecule has 0 bridgehead atoms. The molecule has 278 valence electrons. The molecule has 0 atom stereocenters. The average Bonchev–Trinajstić information content (AvgIpc) is 3.78. The van der Waals surface area contributed by atoms with Crippen molar-refractivity contribution in [2.24, 2.45) is 0 Å². The number of aromatic nitrogens is 2. The number of halogens is 3. The second kappa shape index (κ2) is 13.8. The van der Waals surface area contributed by atoms with Gasteiger partial charge in [0.15, 0.2) is 11.4 Å². The number of benzene rings is 7. The Morgan fingerprint density at radius 1 is 0.467 bits per heavy atom. The molecule has 0 aliphatic carbocycles. The largest absolute Gasteiger partial charge is 0.417 e. The lowest BCUT2D eigenvalue weighted by molar-refractivity contribution is -0.137. The molecule has 11 heteroatoms. The standard InChI is InChI=1S/C49H21F3N8/c1-57-33-8-16-48-41(22-33)39-19-30(26-55)6-14-46(39)60(48)47-15-7-32(35-10-3-31(27-56)20-42(35)49(50,51)52)21-40(47)36-23-34(9-11-43(36)58-2)59-44-12-4-28(24-53)17-37(44)38-18-29(25-54)5-13-45(38)59/h3-23H. The number of fused-ring (bicyclic) bond motifs is 6. The maximum atomic E-state index is 14.7. The summed E-state index contributed by atoms with van der Waals surface area (Å²) in [6, 6.07) is 42.7. The zero-order valence-electron chi connectivity index (χ0n) is 30.8. The second-order valence-electron chi connectivity index (χ2n) is 13.9. The Hall–Kier alpha value is -9.13. The predicted molar refractivity (Wildman–Crippen MR) is 222 cm³/mol. The molecule has 0 aliphatic heterocycles. The van der Waals surface area contributed by atoms with Gasteiger partial charge in [0.05, 0.1) is 93.0 Å². The number of hydrogen-bond donors (Lipinski definition) is 0. The molecular formula is C49H21F3N8. The lowest BCUT2D eigenvalue weighted by Crippen LogP contribution is -2.08. The lowest BCUT2D eigenvalue weighted by atomic mass is 9.92. The van der Waals surface area contributed by atoms with Gasteiger partial charge in [-0.1, -0.05) is 24.3 Å². The molecule has 0 fully saturated rings. The smallest absolute Gasteiger partial charge is 0.309 e. The molecule has 2 aromatic heterocycles. The van der Waals surface area contributed by atoms with E-state index in [-0.39, 0.29) is 22.4 Å². The van der Waals surface area contributed by atoms with Gasteiger partial charge < -0.3 is 9.13 Å². The van der Waals surface area contributed by atoms with Crippen LogP contribution >= 0.6 is 0 Å². The van der Waals surface area contributed by atoms with Crippen molar-refractivity contribution in [1.29, 1.82) is 21.0 Å². The van der Waals surface area contributed by atoms with Crippen molar-refractivity contribution in [3.8, 4) is 57.9 Å². The van der Waals surface area contributed by atoms with Crippen LogP contribution in [0.2, 0.25) is 0 Å². The summed E-state index contributed by atoms with van der Waals surface area (Å²) in [4.78, 5) is 7.51. The number of nitrogens with zero attached hydrogens (tertiary/aromatic N) is 8. The van der Waals surface area contributed by atoms with Crippen molar-refractivity contribution in [2.75, 3.05) is 0 Å². The number of alkyl halides is 3. The third kappa shape index (κ3) is 5.72. The van der Waals surface area contributed by atoms with Crippen LogP contribution in [0.3, 0.4) is 0 Å². The molecule has 0 aliphatic rings. The summed E-state index contributed by atoms with van der Waals surface area (Å²) in [6.07, 6.45) is -4.80. The Kier molecular flexibility index (Phi) is 8.40. The first kappa shape index (κ1) is 36.5. The molecule has 0 saturated heterocycles. The zero-order chi connectivity index (χ0) is 41.9. The predicted octanol–water partition coefficient (Wildman–Crippen LogP) is 12.8. The van der Waals surface area contributed by atoms with Gasteiger partial charge in [0.2, 0.25) is 0 Å². The van der Waals surface area contributed by atoms with Gasteiger partial charge in [-0.25, -0.2) is 9.69 Å². The van der Waals surface area contributed by atoms with Gasteiger partial charge in [-0.2, -0.15) is 34.2 Å². The molecular weight excluding hydrogens is 758 g/mol. The number of nitriles is 4. The Morgan fingerprint density at radius 3 is 1.52 bits per heavy atom. The van der Waals surface area contributed by atoms with Gasteiger partial charge in [-0.3, -0.25) is 0 Å². The lowest BCUT2D eigenvalue weighted by Gasteiger charge is -2.20. The molecule has 0 radical (unpaired) electrons. The summed E-state index contributed by atoms with van der Waals surface area (Å²) in [7, 11) is 0. The van der Waals surface area contributed by atoms with Gasteiger partial charge in [0, 0.05) is 21.8 Å². The van der Waals surface area contributed by atoms with Crippen molar-refractivity contribution >= 4 is 55.0 Å². The van der Waals surface area contributed by atoms with Crippen LogP contribution in [-0.2, 0) is 6.18 Å². The molecule has 0 unspecified atom stereocenters. The highest BCUT2D eigenvalue weighted by Gasteiger charge is 2.34. The molecule has 2 heterocycles. The van der Waals surface area contributed by atoms with E-state index >= 15 is 0 Å². The van der Waals surface area contributed by atoms with Crippen LogP contribution in [0.15, 0.2) is 127 Å². The average molecular weight is 779 g/mol. The molecule has 60 heavy (non-hydrogen) atoms. The molecule has 9 aromatic rings. The molecule has 8 nitrogen and oxygen atoms in total. The molecule has 7 aromatic carbocycles. The fourth-order valence-electron chi connectivity index (χ4n) is 8.04. The fourth-order valence-corrected chi connectivity index (χ4v) is 8.04. The topological polar surface area (TPSA) is 114 Å². The van der Waals surface area contributed by atoms with E-state index in [1.807, 2.05) is 21.3 Å². The fraction of sp³-hybridized carbons (Fsp3) is 0.0204. The van der Waals surface area contributed by atoms with Crippen molar-refractivity contribution in [2.45, 2.75) is 6.18 Å². The molecule has 0 saturated carbocycles. The highest BCUT2D eigenvalue weighted by atomic mass is 19.4. The van der Waals surface area contributed by atoms with E-state index in [0.29, 0.717) is 77.7 Å². The Labute approximate surface area is 339 Å². The normalized spacial score (nSPS) is 11.2. The summed E-state index contributed by atoms with van der Waals surface area (Å²) >= 11 is 0. The van der Waals surface area contributed by atoms with E-state index in [9.17, 15) is 34.2 Å². The quantitative estimate of drug-likeness (QED) is 0.165. The summed E-state index contributed by atoms with van der Waals surface area (Å²) in [5.74, 6) is 0. The van der Waals surface area contributed by atoms with E-state index < -0.39 is 11.7 Å². The van der Waals surface area contributed by atoms with Crippen LogP contribution in [0.5, 0.6) is 0 Å². The van der Waals surface area contributed by atoms with Gasteiger partial charge in [-0.15, -0.1) is 0 Å². The zero-order valence-corrected chi connectivity index (χ0v) is 30.8. The van der Waals surface area contributed by atoms with Crippen LogP contribution < -0.4 is 0 Å². The second-order valence-corrected chi connectivity index (χ2v) is 13.9. The maximum absolute atomic E-state index is 14.7. The van der Waals surface area contributed by atoms with E-state index in [2.05, 4.69) is 27.9 Å². The minimum atomic E-state index is -4.80. The first-order valence-electron chi connectivity index (χ1n) is 18.1. The molecule has 0 amide bonds. The van der Waals surface area contributed by atoms with E-state index in [1.54, 1.807) is 103 Å². The van der Waals surface area contributed by atoms with Crippen molar-refractivity contribution in [3.63, 3.8) is 0 Å². The van der Waals surface area contributed by atoms with E-state index in [0.717, 1.165) is 16.8 Å². The first-order chi connectivity index (χ1) is 29.1. The van der Waals surface area contributed by atoms with Crippen molar-refractivity contribution in [1.82, 2.24) is 9.13 Å². The highest BCUT2D eigenvalue weighted by Crippen LogP contribution is 2.45. The number of hydrogen-bond acceptors (Lipinski definition) is 4. The summed E-state index contributed by atoms with van der Waals surface area (Å²) in [5, 5.41) is 41.6. The van der Waals surface area contributed by atoms with Crippen molar-refractivity contribution < 1.29 is 13.2 Å². The molecule has 9 rings (SSSR count). The maximum Gasteiger partial charge on any atom is 0.417 e. The highest BCUT2D eigenvalue weighted by molar-refractivity contribution is 6.12. The monoisotopic (exact) mass is 778 g/mol. The Bertz CT molecular complexity index is 3480. The Balaban J connectivity index is 1.40. The Morgan fingerprint density at radius 2 is 0.983 bits per heavy atom.